The summed E-state index contributed by atoms with van der Waals surface area (Å²) < 4.78 is 64.5. The van der Waals surface area contributed by atoms with Crippen LogP contribution in [0.4, 0.5) is 17.6 Å². The molecule has 0 aliphatic heterocycles. The minimum atomic E-state index is -4.70. The van der Waals surface area contributed by atoms with Gasteiger partial charge in [-0.05, 0) is 67.1 Å². The molecule has 212 valence electrons. The van der Waals surface area contributed by atoms with Crippen molar-refractivity contribution in [1.82, 2.24) is 15.5 Å². The molecule has 3 N–H and O–H groups in total. The fourth-order valence-corrected chi connectivity index (χ4v) is 5.17. The van der Waals surface area contributed by atoms with Crippen molar-refractivity contribution in [2.24, 2.45) is 0 Å². The van der Waals surface area contributed by atoms with Gasteiger partial charge in [-0.3, -0.25) is 9.89 Å². The summed E-state index contributed by atoms with van der Waals surface area (Å²) in [6.07, 6.45) is -5.52. The summed E-state index contributed by atoms with van der Waals surface area (Å²) in [5.41, 5.74) is 2.60. The van der Waals surface area contributed by atoms with E-state index in [1.54, 1.807) is 61.5 Å². The first kappa shape index (κ1) is 28.0. The molecule has 0 saturated carbocycles. The van der Waals surface area contributed by atoms with Crippen LogP contribution in [0.5, 0.6) is 17.2 Å². The first-order valence-electron chi connectivity index (χ1n) is 12.3. The van der Waals surface area contributed by atoms with E-state index in [1.165, 1.54) is 19.2 Å². The van der Waals surface area contributed by atoms with E-state index >= 15 is 0 Å². The van der Waals surface area contributed by atoms with Gasteiger partial charge in [-0.2, -0.15) is 18.3 Å². The summed E-state index contributed by atoms with van der Waals surface area (Å²) >= 11 is 0.155. The second-order valence-corrected chi connectivity index (χ2v) is 10.2. The van der Waals surface area contributed by atoms with Gasteiger partial charge in [0.2, 0.25) is 0 Å². The summed E-state index contributed by atoms with van der Waals surface area (Å²) in [5.74, 6) is -1.07. The number of methoxy groups -OCH3 is 1. The van der Waals surface area contributed by atoms with Crippen molar-refractivity contribution in [2.75, 3.05) is 7.11 Å². The zero-order chi connectivity index (χ0) is 29.3. The smallest absolute Gasteiger partial charge is 0.425 e. The molecule has 0 bridgehead atoms. The standard InChI is InChI=1S/C29H23F4N3O4S/c1-15(34-28(38)27-23(37)14-24(41-27)29(31,32)33)26(17-4-3-5-19(12-17)39-2)40-20-10-11-22-21(13-20)25(36-35-22)16-6-8-18(30)9-7-16/h3-15,26,37H,1-2H3,(H,34,38)(H,35,36)/t15-,26-/m0/s1. The van der Waals surface area contributed by atoms with Crippen LogP contribution >= 0.6 is 11.3 Å². The van der Waals surface area contributed by atoms with Crippen LogP contribution in [0.3, 0.4) is 0 Å². The second kappa shape index (κ2) is 11.1. The molecule has 3 aromatic carbocycles. The molecule has 2 heterocycles. The highest BCUT2D eigenvalue weighted by molar-refractivity contribution is 7.14. The average molecular weight is 586 g/mol. The molecule has 0 unspecified atom stereocenters. The Balaban J connectivity index is 1.47. The Bertz CT molecular complexity index is 1700. The predicted molar refractivity (Wildman–Crippen MR) is 146 cm³/mol. The zero-order valence-corrected chi connectivity index (χ0v) is 22.4. The average Bonchev–Trinajstić information content (AvgIpc) is 3.55. The fraction of sp³-hybridized carbons (Fsp3) is 0.172. The van der Waals surface area contributed by atoms with Crippen LogP contribution in [0.15, 0.2) is 72.8 Å². The van der Waals surface area contributed by atoms with E-state index in [2.05, 4.69) is 15.5 Å². The molecule has 12 heteroatoms. The van der Waals surface area contributed by atoms with Gasteiger partial charge in [0.15, 0.2) is 0 Å². The van der Waals surface area contributed by atoms with Crippen molar-refractivity contribution in [2.45, 2.75) is 25.2 Å². The number of rotatable bonds is 8. The molecule has 1 amide bonds. The van der Waals surface area contributed by atoms with Crippen LogP contribution in [-0.4, -0.2) is 34.4 Å². The predicted octanol–water partition coefficient (Wildman–Crippen LogP) is 7.10. The maximum Gasteiger partial charge on any atom is 0.425 e. The Morgan fingerprint density at radius 3 is 2.49 bits per heavy atom. The number of aromatic nitrogens is 2. The molecule has 0 aliphatic rings. The number of amides is 1. The number of halogens is 4. The van der Waals surface area contributed by atoms with Gasteiger partial charge in [0, 0.05) is 17.0 Å². The SMILES string of the molecule is COc1cccc([C@@H](Oc2ccc3[nH]nc(-c4ccc(F)cc4)c3c2)[C@H](C)NC(=O)c2sc(C(F)(F)F)cc2O)c1. The van der Waals surface area contributed by atoms with Crippen LogP contribution in [0.25, 0.3) is 22.2 Å². The van der Waals surface area contributed by atoms with Crippen LogP contribution in [-0.2, 0) is 6.18 Å². The third-order valence-corrected chi connectivity index (χ3v) is 7.52. The number of nitrogens with one attached hydrogen (secondary N) is 2. The Morgan fingerprint density at radius 2 is 1.80 bits per heavy atom. The topological polar surface area (TPSA) is 96.5 Å². The number of carbonyl (C=O) groups excluding carboxylic acids is 1. The Morgan fingerprint density at radius 1 is 1.05 bits per heavy atom. The first-order chi connectivity index (χ1) is 19.5. The molecule has 41 heavy (non-hydrogen) atoms. The summed E-state index contributed by atoms with van der Waals surface area (Å²) in [6, 6.07) is 17.8. The molecular formula is C29H23F4N3O4S. The monoisotopic (exact) mass is 585 g/mol. The van der Waals surface area contributed by atoms with Crippen molar-refractivity contribution in [3.05, 3.63) is 93.9 Å². The molecule has 0 fully saturated rings. The van der Waals surface area contributed by atoms with Gasteiger partial charge < -0.3 is 19.9 Å². The van der Waals surface area contributed by atoms with Crippen LogP contribution < -0.4 is 14.8 Å². The van der Waals surface area contributed by atoms with Gasteiger partial charge >= 0.3 is 6.18 Å². The number of nitrogens with zero attached hydrogens (tertiary/aromatic N) is 1. The van der Waals surface area contributed by atoms with E-state index in [1.807, 2.05) is 0 Å². The summed E-state index contributed by atoms with van der Waals surface area (Å²) in [5, 5.41) is 20.7. The summed E-state index contributed by atoms with van der Waals surface area (Å²) in [7, 11) is 1.50. The number of ether oxygens (including phenoxy) is 2. The van der Waals surface area contributed by atoms with Crippen LogP contribution in [0.1, 0.15) is 33.1 Å². The number of aromatic amines is 1. The lowest BCUT2D eigenvalue weighted by Crippen LogP contribution is -2.39. The number of alkyl halides is 3. The second-order valence-electron chi connectivity index (χ2n) is 9.19. The molecule has 0 saturated heterocycles. The number of H-pyrrole nitrogens is 1. The van der Waals surface area contributed by atoms with Crippen molar-refractivity contribution < 1.29 is 36.9 Å². The third-order valence-electron chi connectivity index (χ3n) is 6.35. The highest BCUT2D eigenvalue weighted by atomic mass is 32.1. The van der Waals surface area contributed by atoms with Crippen LogP contribution in [0.2, 0.25) is 0 Å². The largest absolute Gasteiger partial charge is 0.506 e. The van der Waals surface area contributed by atoms with E-state index in [0.717, 1.165) is 0 Å². The Kier molecular flexibility index (Phi) is 7.59. The number of aromatic hydroxyl groups is 1. The Hall–Kier alpha value is -4.58. The molecular weight excluding hydrogens is 562 g/mol. The number of hydrogen-bond acceptors (Lipinski definition) is 6. The minimum Gasteiger partial charge on any atom is -0.506 e. The van der Waals surface area contributed by atoms with Crippen molar-refractivity contribution in [3.63, 3.8) is 0 Å². The number of fused-ring (bicyclic) bond motifs is 1. The number of hydrogen-bond donors (Lipinski definition) is 3. The fourth-order valence-electron chi connectivity index (χ4n) is 4.35. The lowest BCUT2D eigenvalue weighted by atomic mass is 10.0. The molecule has 5 aromatic rings. The van der Waals surface area contributed by atoms with Gasteiger partial charge in [0.25, 0.3) is 5.91 Å². The number of benzene rings is 3. The molecule has 7 nitrogen and oxygen atoms in total. The lowest BCUT2D eigenvalue weighted by molar-refractivity contribution is -0.134. The van der Waals surface area contributed by atoms with Gasteiger partial charge in [-0.1, -0.05) is 12.1 Å². The van der Waals surface area contributed by atoms with Gasteiger partial charge in [-0.15, -0.1) is 11.3 Å². The highest BCUT2D eigenvalue weighted by Gasteiger charge is 2.35. The van der Waals surface area contributed by atoms with Crippen LogP contribution in [0, 0.1) is 5.82 Å². The summed E-state index contributed by atoms with van der Waals surface area (Å²) in [6.45, 7) is 1.64. The van der Waals surface area contributed by atoms with Gasteiger partial charge in [0.05, 0.1) is 18.7 Å². The molecule has 2 aromatic heterocycles. The molecule has 0 radical (unpaired) electrons. The normalized spacial score (nSPS) is 13.1. The highest BCUT2D eigenvalue weighted by Crippen LogP contribution is 2.40. The zero-order valence-electron chi connectivity index (χ0n) is 21.6. The Labute approximate surface area is 235 Å². The van der Waals surface area contributed by atoms with Crippen molar-refractivity contribution >= 4 is 28.1 Å². The van der Waals surface area contributed by atoms with Gasteiger partial charge in [-0.25, -0.2) is 4.39 Å². The lowest BCUT2D eigenvalue weighted by Gasteiger charge is -2.27. The van der Waals surface area contributed by atoms with E-state index < -0.39 is 39.7 Å². The molecule has 0 spiro atoms. The quantitative estimate of drug-likeness (QED) is 0.169. The maximum atomic E-state index is 13.5. The number of thiophene rings is 1. The van der Waals surface area contributed by atoms with E-state index in [4.69, 9.17) is 9.47 Å². The van der Waals surface area contributed by atoms with E-state index in [-0.39, 0.29) is 17.2 Å². The van der Waals surface area contributed by atoms with Crippen molar-refractivity contribution in [1.29, 1.82) is 0 Å². The minimum absolute atomic E-state index is 0.155. The molecule has 2 atom stereocenters. The van der Waals surface area contributed by atoms with E-state index in [0.29, 0.717) is 45.3 Å². The maximum absolute atomic E-state index is 13.5. The van der Waals surface area contributed by atoms with Crippen molar-refractivity contribution in [3.8, 4) is 28.5 Å². The third kappa shape index (κ3) is 5.97. The first-order valence-corrected chi connectivity index (χ1v) is 13.1. The molecule has 0 aliphatic carbocycles. The number of carbonyl (C=O) groups is 1. The van der Waals surface area contributed by atoms with E-state index in [9.17, 15) is 27.5 Å². The van der Waals surface area contributed by atoms with Gasteiger partial charge in [0.1, 0.15) is 44.6 Å². The molecule has 5 rings (SSSR count). The summed E-state index contributed by atoms with van der Waals surface area (Å²) in [4.78, 5) is 11.4.